The summed E-state index contributed by atoms with van der Waals surface area (Å²) in [6.45, 7) is 0.186. The number of pyridine rings is 1. The number of nitrogens with one attached hydrogen (secondary N) is 1. The van der Waals surface area contributed by atoms with Crippen LogP contribution in [-0.2, 0) is 6.54 Å². The van der Waals surface area contributed by atoms with Gasteiger partial charge in [-0.2, -0.15) is 0 Å². The lowest BCUT2D eigenvalue weighted by molar-refractivity contribution is -0.384. The van der Waals surface area contributed by atoms with E-state index in [4.69, 9.17) is 5.73 Å². The molecule has 0 saturated heterocycles. The molecule has 1 aromatic heterocycles. The molecule has 7 heteroatoms. The first kappa shape index (κ1) is 13.5. The van der Waals surface area contributed by atoms with Crippen LogP contribution in [0.2, 0.25) is 0 Å². The van der Waals surface area contributed by atoms with Gasteiger partial charge >= 0.3 is 5.69 Å². The summed E-state index contributed by atoms with van der Waals surface area (Å²) < 4.78 is 0. The van der Waals surface area contributed by atoms with Gasteiger partial charge in [0.05, 0.1) is 17.2 Å². The Balaban J connectivity index is 2.18. The molecule has 0 unspecified atom stereocenters. The molecule has 0 aliphatic rings. The average molecular weight is 272 g/mol. The van der Waals surface area contributed by atoms with Crippen molar-refractivity contribution in [2.75, 3.05) is 5.73 Å². The average Bonchev–Trinajstić information content (AvgIpc) is 2.45. The molecule has 0 spiro atoms. The zero-order chi connectivity index (χ0) is 14.5. The lowest BCUT2D eigenvalue weighted by Gasteiger charge is -2.06. The van der Waals surface area contributed by atoms with Gasteiger partial charge < -0.3 is 11.1 Å². The number of carbonyl (C=O) groups excluding carboxylic acids is 1. The summed E-state index contributed by atoms with van der Waals surface area (Å²) in [6, 6.07) is 9.54. The Morgan fingerprint density at radius 1 is 1.30 bits per heavy atom. The number of benzene rings is 1. The molecule has 3 N–H and O–H groups in total. The molecular formula is C13H12N4O3. The predicted molar refractivity (Wildman–Crippen MR) is 72.9 cm³/mol. The lowest BCUT2D eigenvalue weighted by atomic mass is 10.1. The molecule has 1 aromatic carbocycles. The van der Waals surface area contributed by atoms with Crippen LogP contribution in [0.4, 0.5) is 11.4 Å². The molecule has 7 nitrogen and oxygen atoms in total. The van der Waals surface area contributed by atoms with Gasteiger partial charge in [-0.15, -0.1) is 0 Å². The maximum absolute atomic E-state index is 12.0. The second kappa shape index (κ2) is 5.79. The summed E-state index contributed by atoms with van der Waals surface area (Å²) in [7, 11) is 0. The zero-order valence-electron chi connectivity index (χ0n) is 10.4. The van der Waals surface area contributed by atoms with Crippen molar-refractivity contribution in [3.8, 4) is 0 Å². The summed E-state index contributed by atoms with van der Waals surface area (Å²) in [6.07, 6.45) is 1.60. The summed E-state index contributed by atoms with van der Waals surface area (Å²) in [5.41, 5.74) is 5.70. The topological polar surface area (TPSA) is 111 Å². The highest BCUT2D eigenvalue weighted by Gasteiger charge is 2.22. The molecule has 1 amide bonds. The summed E-state index contributed by atoms with van der Waals surface area (Å²) in [5.74, 6) is -0.561. The number of nitro groups is 1. The zero-order valence-corrected chi connectivity index (χ0v) is 10.4. The molecule has 2 rings (SSSR count). The van der Waals surface area contributed by atoms with Crippen LogP contribution in [0.15, 0.2) is 42.6 Å². The fourth-order valence-electron chi connectivity index (χ4n) is 1.72. The van der Waals surface area contributed by atoms with E-state index in [2.05, 4.69) is 10.3 Å². The van der Waals surface area contributed by atoms with E-state index >= 15 is 0 Å². The van der Waals surface area contributed by atoms with Crippen LogP contribution in [0, 0.1) is 10.1 Å². The quantitative estimate of drug-likeness (QED) is 0.497. The van der Waals surface area contributed by atoms with E-state index in [9.17, 15) is 14.9 Å². The van der Waals surface area contributed by atoms with Crippen molar-refractivity contribution < 1.29 is 9.72 Å². The third kappa shape index (κ3) is 2.89. The minimum Gasteiger partial charge on any atom is -0.393 e. The van der Waals surface area contributed by atoms with Crippen LogP contribution in [0.25, 0.3) is 0 Å². The molecule has 1 heterocycles. The van der Waals surface area contributed by atoms with Crippen molar-refractivity contribution in [3.05, 3.63) is 64.0 Å². The van der Waals surface area contributed by atoms with Crippen LogP contribution >= 0.6 is 0 Å². The van der Waals surface area contributed by atoms with Crippen molar-refractivity contribution in [1.82, 2.24) is 10.3 Å². The van der Waals surface area contributed by atoms with Gasteiger partial charge in [0.2, 0.25) is 0 Å². The third-order valence-corrected chi connectivity index (χ3v) is 2.65. The maximum atomic E-state index is 12.0. The molecule has 20 heavy (non-hydrogen) atoms. The standard InChI is InChI=1S/C13H12N4O3/c14-11-6-3-5-10(12(11)17(19)20)13(18)16-8-9-4-1-2-7-15-9/h1-7H,8,14H2,(H,16,18). The van der Waals surface area contributed by atoms with Gasteiger partial charge in [0.1, 0.15) is 11.3 Å². The van der Waals surface area contributed by atoms with E-state index in [1.807, 2.05) is 0 Å². The number of hydrogen-bond acceptors (Lipinski definition) is 5. The highest BCUT2D eigenvalue weighted by atomic mass is 16.6. The number of anilines is 1. The van der Waals surface area contributed by atoms with E-state index in [0.717, 1.165) is 0 Å². The minimum atomic E-state index is -0.662. The Labute approximate surface area is 114 Å². The monoisotopic (exact) mass is 272 g/mol. The molecule has 0 atom stereocenters. The van der Waals surface area contributed by atoms with Crippen molar-refractivity contribution >= 4 is 17.3 Å². The lowest BCUT2D eigenvalue weighted by Crippen LogP contribution is -2.24. The second-order valence-corrected chi connectivity index (χ2v) is 4.00. The third-order valence-electron chi connectivity index (χ3n) is 2.65. The number of carbonyl (C=O) groups is 1. The molecule has 0 saturated carbocycles. The smallest absolute Gasteiger partial charge is 0.304 e. The number of nitrogen functional groups attached to an aromatic ring is 1. The molecule has 0 radical (unpaired) electrons. The Morgan fingerprint density at radius 3 is 2.75 bits per heavy atom. The molecular weight excluding hydrogens is 260 g/mol. The van der Waals surface area contributed by atoms with Gasteiger partial charge in [-0.05, 0) is 24.3 Å². The fraction of sp³-hybridized carbons (Fsp3) is 0.0769. The number of nitrogens with two attached hydrogens (primary N) is 1. The van der Waals surface area contributed by atoms with E-state index in [1.165, 1.54) is 18.2 Å². The number of para-hydroxylation sites is 1. The van der Waals surface area contributed by atoms with Gasteiger partial charge in [0, 0.05) is 6.20 Å². The van der Waals surface area contributed by atoms with E-state index < -0.39 is 10.8 Å². The molecule has 0 fully saturated rings. The Kier molecular flexibility index (Phi) is 3.90. The van der Waals surface area contributed by atoms with E-state index in [-0.39, 0.29) is 23.5 Å². The minimum absolute atomic E-state index is 0.0412. The number of nitrogens with zero attached hydrogens (tertiary/aromatic N) is 2. The Bertz CT molecular complexity index is 643. The molecule has 102 valence electrons. The van der Waals surface area contributed by atoms with Crippen LogP contribution in [0.3, 0.4) is 0 Å². The van der Waals surface area contributed by atoms with Crippen molar-refractivity contribution in [2.45, 2.75) is 6.54 Å². The maximum Gasteiger partial charge on any atom is 0.304 e. The molecule has 0 aliphatic carbocycles. The highest BCUT2D eigenvalue weighted by Crippen LogP contribution is 2.25. The largest absolute Gasteiger partial charge is 0.393 e. The summed E-state index contributed by atoms with van der Waals surface area (Å²) >= 11 is 0. The first-order chi connectivity index (χ1) is 9.59. The highest BCUT2D eigenvalue weighted by molar-refractivity contribution is 6.00. The SMILES string of the molecule is Nc1cccc(C(=O)NCc2ccccn2)c1[N+](=O)[O-]. The fourth-order valence-corrected chi connectivity index (χ4v) is 1.72. The first-order valence-electron chi connectivity index (χ1n) is 5.80. The molecule has 2 aromatic rings. The number of amides is 1. The Morgan fingerprint density at radius 2 is 2.10 bits per heavy atom. The molecule has 0 aliphatic heterocycles. The number of hydrogen-bond donors (Lipinski definition) is 2. The van der Waals surface area contributed by atoms with Crippen molar-refractivity contribution in [3.63, 3.8) is 0 Å². The normalized spacial score (nSPS) is 10.0. The summed E-state index contributed by atoms with van der Waals surface area (Å²) in [5, 5.41) is 13.5. The van der Waals surface area contributed by atoms with Crippen LogP contribution in [-0.4, -0.2) is 15.8 Å². The van der Waals surface area contributed by atoms with Crippen LogP contribution in [0.1, 0.15) is 16.1 Å². The summed E-state index contributed by atoms with van der Waals surface area (Å²) in [4.78, 5) is 26.3. The van der Waals surface area contributed by atoms with Gasteiger partial charge in [-0.25, -0.2) is 0 Å². The first-order valence-corrected chi connectivity index (χ1v) is 5.80. The number of rotatable bonds is 4. The van der Waals surface area contributed by atoms with Crippen molar-refractivity contribution in [2.24, 2.45) is 0 Å². The van der Waals surface area contributed by atoms with Crippen LogP contribution < -0.4 is 11.1 Å². The predicted octanol–water partition coefficient (Wildman–Crippen LogP) is 1.50. The second-order valence-electron chi connectivity index (χ2n) is 4.00. The van der Waals surface area contributed by atoms with Gasteiger partial charge in [-0.3, -0.25) is 19.9 Å². The number of aromatic nitrogens is 1. The Hall–Kier alpha value is -2.96. The van der Waals surface area contributed by atoms with Gasteiger partial charge in [0.15, 0.2) is 0 Å². The van der Waals surface area contributed by atoms with Crippen molar-refractivity contribution in [1.29, 1.82) is 0 Å². The van der Waals surface area contributed by atoms with Crippen LogP contribution in [0.5, 0.6) is 0 Å². The number of nitro benzene ring substituents is 1. The van der Waals surface area contributed by atoms with Gasteiger partial charge in [-0.1, -0.05) is 12.1 Å². The van der Waals surface area contributed by atoms with Gasteiger partial charge in [0.25, 0.3) is 5.91 Å². The van der Waals surface area contributed by atoms with E-state index in [1.54, 1.807) is 24.4 Å². The van der Waals surface area contributed by atoms with E-state index in [0.29, 0.717) is 5.69 Å². The molecule has 0 bridgehead atoms.